The predicted octanol–water partition coefficient (Wildman–Crippen LogP) is 21.8. The standard InChI is InChI=1S/2C27H35N5O2.C26H32FN5O2.C25H31N5O2.4CH4/c1-19-8-10-22(11-9-19)29-26-28-13-12-24(30-26)25-17-31(16-21-6-4-14-34-18-21)27(33)32(25)23-7-3-5-20(2)15-23;1-19-9-11-21(12-10-19)29-26-28-14-13-24(30-26)25-18-31(17-23-8-3-4-15-34-23)27(33)32(25)22-7-5-6-20(2)16-22;1-18-5-9-20(10-6-18)29-25-28-14-13-23(30-25)24-17-31(16-22-4-2-3-15-34-22)26(33)32(24)21-11-7-19(27)8-12-21;1-17-8-10-19(11-9-17)27-24-26-13-12-21(28-24)22-16-29(23-7-4-14-32-23)25(31)30(22)20-6-3-5-18(2)15-20;;;;/h3,5,7,12-13,15,17,19,21-22H,4,6,8-11,14,16,18H2,1-2H3,(H,28,29,30);5-7,13-14,16,18-19,21,23H,3-4,8-12,15,17H2,1-2H3,(H,28,29,30);7-8,11-14,17-18,20,22H,2-6,9-10,15-16H2,1H3,(H,28,29,30);3,5-6,12-13,15-17,19,23H,4,7-11,14H2,1-2H3,(H,26,27,28);4*1H4. The molecule has 0 bridgehead atoms. The molecule has 29 heteroatoms. The Balaban J connectivity index is 0.000000154. The second-order valence-corrected chi connectivity index (χ2v) is 38.9. The molecule has 8 aliphatic rings. The summed E-state index contributed by atoms with van der Waals surface area (Å²) in [6, 6.07) is 39.1. The Kier molecular flexibility index (Phi) is 36.9. The number of aromatic nitrogens is 16. The summed E-state index contributed by atoms with van der Waals surface area (Å²) in [6.45, 7) is 20.8. The van der Waals surface area contributed by atoms with Crippen molar-refractivity contribution in [1.29, 1.82) is 0 Å². The lowest BCUT2D eigenvalue weighted by molar-refractivity contribution is 0.00531. The van der Waals surface area contributed by atoms with Crippen molar-refractivity contribution in [3.63, 3.8) is 0 Å². The maximum atomic E-state index is 13.6. The molecule has 12 aromatic rings. The fourth-order valence-electron chi connectivity index (χ4n) is 20.1. The number of anilines is 4. The van der Waals surface area contributed by atoms with Gasteiger partial charge in [0, 0.05) is 113 Å². The molecule has 4 saturated heterocycles. The van der Waals surface area contributed by atoms with Gasteiger partial charge in [0.05, 0.1) is 100 Å². The number of hydrogen-bond acceptors (Lipinski definition) is 20. The van der Waals surface area contributed by atoms with Gasteiger partial charge in [-0.15, -0.1) is 0 Å². The molecule has 28 nitrogen and oxygen atoms in total. The molecule has 4 unspecified atom stereocenters. The molecule has 740 valence electrons. The smallest absolute Gasteiger partial charge is 0.335 e. The van der Waals surface area contributed by atoms with Gasteiger partial charge in [0.25, 0.3) is 0 Å². The van der Waals surface area contributed by atoms with Crippen molar-refractivity contribution < 1.29 is 23.3 Å². The Morgan fingerprint density at radius 2 is 0.674 bits per heavy atom. The summed E-state index contributed by atoms with van der Waals surface area (Å²) in [4.78, 5) is 91.3. The lowest BCUT2D eigenvalue weighted by Gasteiger charge is -2.26. The van der Waals surface area contributed by atoms with Crippen LogP contribution in [-0.2, 0) is 38.6 Å². The van der Waals surface area contributed by atoms with Crippen LogP contribution in [0.1, 0.15) is 247 Å². The monoisotopic (exact) mass is 1890 g/mol. The highest BCUT2D eigenvalue weighted by molar-refractivity contribution is 5.63. The quantitative estimate of drug-likeness (QED) is 0.0462. The van der Waals surface area contributed by atoms with Crippen LogP contribution in [0, 0.1) is 56.2 Å². The molecule has 0 amide bonds. The highest BCUT2D eigenvalue weighted by Gasteiger charge is 2.31. The molecule has 0 radical (unpaired) electrons. The van der Waals surface area contributed by atoms with E-state index in [2.05, 4.69) is 68.9 Å². The van der Waals surface area contributed by atoms with Crippen LogP contribution in [0.5, 0.6) is 0 Å². The van der Waals surface area contributed by atoms with Crippen LogP contribution in [0.15, 0.2) is 190 Å². The first-order valence-electron chi connectivity index (χ1n) is 49.4. The number of nitrogens with zero attached hydrogens (tertiary/aromatic N) is 16. The highest BCUT2D eigenvalue weighted by Crippen LogP contribution is 2.35. The summed E-state index contributed by atoms with van der Waals surface area (Å²) in [5.41, 5.74) is 11.9. The van der Waals surface area contributed by atoms with Gasteiger partial charge in [-0.05, 0) is 313 Å². The average Bonchev–Trinajstić information content (AvgIpc) is 1.60. The Morgan fingerprint density at radius 3 is 1.00 bits per heavy atom. The Hall–Kier alpha value is -11.8. The summed E-state index contributed by atoms with van der Waals surface area (Å²) >= 11 is 0. The third kappa shape index (κ3) is 26.4. The summed E-state index contributed by atoms with van der Waals surface area (Å²) in [5, 5.41) is 14.1. The van der Waals surface area contributed by atoms with Crippen LogP contribution < -0.4 is 44.0 Å². The number of imidazole rings is 4. The zero-order valence-electron chi connectivity index (χ0n) is 78.9. The van der Waals surface area contributed by atoms with Crippen LogP contribution in [-0.4, -0.2) is 146 Å². The molecule has 12 heterocycles. The molecule has 4 aromatic carbocycles. The number of nitrogens with one attached hydrogen (secondary N) is 4. The van der Waals surface area contributed by atoms with Crippen molar-refractivity contribution in [2.24, 2.45) is 29.6 Å². The lowest BCUT2D eigenvalue weighted by Crippen LogP contribution is -2.31. The number of halogens is 1. The number of hydrogen-bond donors (Lipinski definition) is 4. The molecule has 4 aliphatic carbocycles. The van der Waals surface area contributed by atoms with Gasteiger partial charge in [0.2, 0.25) is 23.8 Å². The van der Waals surface area contributed by atoms with Gasteiger partial charge in [-0.25, -0.2) is 63.4 Å². The highest BCUT2D eigenvalue weighted by atomic mass is 19.1. The minimum Gasteiger partial charge on any atom is -0.381 e. The van der Waals surface area contributed by atoms with Gasteiger partial charge in [0.15, 0.2) is 0 Å². The van der Waals surface area contributed by atoms with Gasteiger partial charge < -0.3 is 40.2 Å². The van der Waals surface area contributed by atoms with Crippen molar-refractivity contribution in [2.75, 3.05) is 54.3 Å². The second kappa shape index (κ2) is 49.2. The Morgan fingerprint density at radius 1 is 0.341 bits per heavy atom. The van der Waals surface area contributed by atoms with Crippen molar-refractivity contribution in [3.8, 4) is 68.3 Å². The van der Waals surface area contributed by atoms with Crippen LogP contribution in [0.4, 0.5) is 28.2 Å². The maximum absolute atomic E-state index is 13.6. The molecule has 4 saturated carbocycles. The lowest BCUT2D eigenvalue weighted by atomic mass is 9.87. The zero-order chi connectivity index (χ0) is 92.6. The fraction of sp³-hybridized carbons (Fsp3) is 0.523. The maximum Gasteiger partial charge on any atom is 0.335 e. The predicted molar refractivity (Wildman–Crippen MR) is 550 cm³/mol. The summed E-state index contributed by atoms with van der Waals surface area (Å²) in [5.74, 6) is 5.61. The van der Waals surface area contributed by atoms with Crippen LogP contribution >= 0.6 is 0 Å². The van der Waals surface area contributed by atoms with Gasteiger partial charge in [0.1, 0.15) is 12.0 Å². The van der Waals surface area contributed by atoms with E-state index in [0.29, 0.717) is 104 Å². The zero-order valence-corrected chi connectivity index (χ0v) is 78.9. The average molecular weight is 1890 g/mol. The van der Waals surface area contributed by atoms with Gasteiger partial charge >= 0.3 is 22.8 Å². The van der Waals surface area contributed by atoms with Crippen molar-refractivity contribution in [1.82, 2.24) is 76.4 Å². The first-order valence-corrected chi connectivity index (χ1v) is 49.4. The van der Waals surface area contributed by atoms with Crippen molar-refractivity contribution >= 4 is 23.8 Å². The van der Waals surface area contributed by atoms with Crippen LogP contribution in [0.25, 0.3) is 68.3 Å². The summed E-state index contributed by atoms with van der Waals surface area (Å²) < 4.78 is 50.8. The van der Waals surface area contributed by atoms with Gasteiger partial charge in [-0.2, -0.15) is 0 Å². The van der Waals surface area contributed by atoms with E-state index in [1.807, 2.05) is 147 Å². The number of rotatable bonds is 23. The molecule has 4 aliphatic heterocycles. The first kappa shape index (κ1) is 104. The molecule has 0 spiro atoms. The van der Waals surface area contributed by atoms with Crippen LogP contribution in [0.2, 0.25) is 0 Å². The van der Waals surface area contributed by atoms with Crippen molar-refractivity contribution in [2.45, 2.75) is 307 Å². The van der Waals surface area contributed by atoms with Crippen molar-refractivity contribution in [3.05, 3.63) is 235 Å². The molecule has 4 atom stereocenters. The van der Waals surface area contributed by atoms with E-state index in [1.165, 1.54) is 63.5 Å². The van der Waals surface area contributed by atoms with E-state index in [0.717, 1.165) is 227 Å². The third-order valence-corrected chi connectivity index (χ3v) is 28.0. The molecule has 4 N–H and O–H groups in total. The topological polar surface area (TPSA) is 296 Å². The number of benzene rings is 4. The van der Waals surface area contributed by atoms with Gasteiger partial charge in [-0.3, -0.25) is 36.5 Å². The molecule has 138 heavy (non-hydrogen) atoms. The first-order chi connectivity index (χ1) is 65.3. The molecule has 8 aromatic heterocycles. The minimum absolute atomic E-state index is 0. The molecular weight excluding hydrogens is 1740 g/mol. The largest absolute Gasteiger partial charge is 0.381 e. The minimum atomic E-state index is -0.344. The molecular formula is C109H149FN20O8. The van der Waals surface area contributed by atoms with E-state index < -0.39 is 0 Å². The molecule has 20 rings (SSSR count). The van der Waals surface area contributed by atoms with Crippen LogP contribution in [0.3, 0.4) is 0 Å². The summed E-state index contributed by atoms with van der Waals surface area (Å²) in [6.07, 6.45) is 43.6. The van der Waals surface area contributed by atoms with E-state index in [-0.39, 0.29) is 76.7 Å². The number of ether oxygens (including phenoxy) is 4. The van der Waals surface area contributed by atoms with E-state index >= 15 is 0 Å². The van der Waals surface area contributed by atoms with E-state index in [4.69, 9.17) is 38.9 Å². The third-order valence-electron chi connectivity index (χ3n) is 28.0. The van der Waals surface area contributed by atoms with E-state index in [9.17, 15) is 23.6 Å². The van der Waals surface area contributed by atoms with E-state index in [1.54, 1.807) is 68.9 Å². The second-order valence-electron chi connectivity index (χ2n) is 38.9. The van der Waals surface area contributed by atoms with Gasteiger partial charge in [-0.1, -0.05) is 93.8 Å². The summed E-state index contributed by atoms with van der Waals surface area (Å²) in [7, 11) is 0. The SMILES string of the molecule is C.C.C.C.CC1CCC(Nc2nccc(-c3cn(CC4CCCCO4)c(=O)n3-c3ccc(F)cc3)n2)CC1.Cc1cccc(-n2c(-c3ccnc(NC4CCC(C)CC4)n3)cn(C3CCCO3)c2=O)c1.Cc1cccc(-n2c(-c3ccnc(NC4CCC(C)CC4)n3)cn(CC3CCCCO3)c2=O)c1.Cc1cccc(-n2c(-c3ccnc(NC4CCC(C)CC4)n3)cn(CC3CCCOC3)c2=O)c1. The Bertz CT molecular complexity index is 5930. The molecule has 8 fully saturated rings. The fourth-order valence-corrected chi connectivity index (χ4v) is 20.1. The normalized spacial score (nSPS) is 22.5. The number of aryl methyl sites for hydroxylation is 3. The Labute approximate surface area is 813 Å².